The molecule has 0 amide bonds. The van der Waals surface area contributed by atoms with E-state index >= 15 is 0 Å². The van der Waals surface area contributed by atoms with Crippen molar-refractivity contribution in [1.82, 2.24) is 10.3 Å². The van der Waals surface area contributed by atoms with E-state index in [4.69, 9.17) is 0 Å². The van der Waals surface area contributed by atoms with Crippen molar-refractivity contribution in [2.75, 3.05) is 18.4 Å². The summed E-state index contributed by atoms with van der Waals surface area (Å²) < 4.78 is 0. The van der Waals surface area contributed by atoms with Gasteiger partial charge < -0.3 is 15.7 Å². The van der Waals surface area contributed by atoms with Crippen molar-refractivity contribution in [3.63, 3.8) is 0 Å². The highest BCUT2D eigenvalue weighted by molar-refractivity contribution is 5.38. The van der Waals surface area contributed by atoms with Crippen LogP contribution in [0.1, 0.15) is 31.4 Å². The van der Waals surface area contributed by atoms with Crippen LogP contribution in [0.15, 0.2) is 18.2 Å². The molecular formula is C15H23N3O. The van der Waals surface area contributed by atoms with E-state index in [0.717, 1.165) is 50.3 Å². The standard InChI is InChI=1S/C15H23N3O/c1-11-3-2-4-14(17-11)18-12-5-6-13(19)15(12)7-9-16-10-8-15/h2-4,12-13,16,19H,5-10H2,1H3,(H,17,18). The number of nitrogens with zero attached hydrogens (tertiary/aromatic N) is 1. The first kappa shape index (κ1) is 12.9. The van der Waals surface area contributed by atoms with Gasteiger partial charge in [-0.15, -0.1) is 0 Å². The largest absolute Gasteiger partial charge is 0.392 e. The van der Waals surface area contributed by atoms with Crippen LogP contribution in [0.2, 0.25) is 0 Å². The van der Waals surface area contributed by atoms with Crippen LogP contribution in [-0.2, 0) is 0 Å². The summed E-state index contributed by atoms with van der Waals surface area (Å²) >= 11 is 0. The molecule has 104 valence electrons. The van der Waals surface area contributed by atoms with E-state index < -0.39 is 0 Å². The third-order valence-corrected chi connectivity index (χ3v) is 4.83. The normalized spacial score (nSPS) is 29.6. The van der Waals surface area contributed by atoms with Crippen molar-refractivity contribution >= 4 is 5.82 Å². The highest BCUT2D eigenvalue weighted by atomic mass is 16.3. The molecule has 1 saturated heterocycles. The third kappa shape index (κ3) is 2.35. The van der Waals surface area contributed by atoms with E-state index in [1.807, 2.05) is 25.1 Å². The molecule has 3 N–H and O–H groups in total. The molecular weight excluding hydrogens is 238 g/mol. The Kier molecular flexibility index (Phi) is 3.46. The highest BCUT2D eigenvalue weighted by Crippen LogP contribution is 2.46. The number of hydrogen-bond acceptors (Lipinski definition) is 4. The lowest BCUT2D eigenvalue weighted by Crippen LogP contribution is -2.49. The van der Waals surface area contributed by atoms with E-state index in [9.17, 15) is 5.11 Å². The van der Waals surface area contributed by atoms with E-state index in [1.54, 1.807) is 0 Å². The maximum Gasteiger partial charge on any atom is 0.126 e. The van der Waals surface area contributed by atoms with Crippen molar-refractivity contribution in [1.29, 1.82) is 0 Å². The maximum atomic E-state index is 10.4. The van der Waals surface area contributed by atoms with Crippen LogP contribution in [0.5, 0.6) is 0 Å². The van der Waals surface area contributed by atoms with Gasteiger partial charge in [-0.25, -0.2) is 4.98 Å². The molecule has 1 aliphatic carbocycles. The molecule has 2 aliphatic rings. The molecule has 4 nitrogen and oxygen atoms in total. The molecule has 2 fully saturated rings. The second kappa shape index (κ2) is 5.10. The van der Waals surface area contributed by atoms with Crippen molar-refractivity contribution in [2.45, 2.75) is 44.8 Å². The molecule has 1 aromatic rings. The van der Waals surface area contributed by atoms with Gasteiger partial charge in [-0.1, -0.05) is 6.07 Å². The summed E-state index contributed by atoms with van der Waals surface area (Å²) in [7, 11) is 0. The highest BCUT2D eigenvalue weighted by Gasteiger charge is 2.49. The first-order valence-electron chi connectivity index (χ1n) is 7.30. The number of hydrogen-bond donors (Lipinski definition) is 3. The topological polar surface area (TPSA) is 57.2 Å². The third-order valence-electron chi connectivity index (χ3n) is 4.83. The summed E-state index contributed by atoms with van der Waals surface area (Å²) in [4.78, 5) is 4.53. The molecule has 3 rings (SSSR count). The van der Waals surface area contributed by atoms with Crippen molar-refractivity contribution in [2.24, 2.45) is 5.41 Å². The van der Waals surface area contributed by atoms with Gasteiger partial charge >= 0.3 is 0 Å². The van der Waals surface area contributed by atoms with Crippen molar-refractivity contribution < 1.29 is 5.11 Å². The van der Waals surface area contributed by atoms with Gasteiger partial charge in [-0.05, 0) is 57.8 Å². The van der Waals surface area contributed by atoms with Gasteiger partial charge in [-0.3, -0.25) is 0 Å². The molecule has 0 radical (unpaired) electrons. The summed E-state index contributed by atoms with van der Waals surface area (Å²) in [6.45, 7) is 4.03. The second-order valence-corrected chi connectivity index (χ2v) is 5.94. The fourth-order valence-corrected chi connectivity index (χ4v) is 3.72. The Balaban J connectivity index is 1.79. The minimum atomic E-state index is -0.170. The number of nitrogens with one attached hydrogen (secondary N) is 2. The van der Waals surface area contributed by atoms with E-state index in [2.05, 4.69) is 15.6 Å². The number of pyridine rings is 1. The van der Waals surface area contributed by atoms with Crippen LogP contribution in [0, 0.1) is 12.3 Å². The Morgan fingerprint density at radius 2 is 2.11 bits per heavy atom. The number of aliphatic hydroxyl groups is 1. The van der Waals surface area contributed by atoms with Gasteiger partial charge in [0, 0.05) is 17.2 Å². The lowest BCUT2D eigenvalue weighted by atomic mass is 9.73. The SMILES string of the molecule is Cc1cccc(NC2CCC(O)C23CCNCC3)n1. The predicted octanol–water partition coefficient (Wildman–Crippen LogP) is 1.70. The first-order chi connectivity index (χ1) is 9.21. The Morgan fingerprint density at radius 1 is 1.32 bits per heavy atom. The van der Waals surface area contributed by atoms with Gasteiger partial charge in [0.2, 0.25) is 0 Å². The van der Waals surface area contributed by atoms with Gasteiger partial charge in [0.05, 0.1) is 6.10 Å². The molecule has 2 unspecified atom stereocenters. The Bertz CT molecular complexity index is 443. The summed E-state index contributed by atoms with van der Waals surface area (Å²) in [5, 5.41) is 17.4. The predicted molar refractivity (Wildman–Crippen MR) is 76.2 cm³/mol. The zero-order chi connectivity index (χ0) is 13.3. The number of aliphatic hydroxyl groups excluding tert-OH is 1. The second-order valence-electron chi connectivity index (χ2n) is 5.94. The average Bonchev–Trinajstić information content (AvgIpc) is 2.69. The summed E-state index contributed by atoms with van der Waals surface area (Å²) in [5.41, 5.74) is 1.07. The van der Waals surface area contributed by atoms with Crippen LogP contribution in [0.4, 0.5) is 5.82 Å². The number of aromatic nitrogens is 1. The molecule has 1 aromatic heterocycles. The summed E-state index contributed by atoms with van der Waals surface area (Å²) in [5.74, 6) is 0.942. The number of anilines is 1. The number of aryl methyl sites for hydroxylation is 1. The molecule has 1 spiro atoms. The minimum absolute atomic E-state index is 0.0384. The smallest absolute Gasteiger partial charge is 0.126 e. The Hall–Kier alpha value is -1.13. The molecule has 0 aromatic carbocycles. The lowest BCUT2D eigenvalue weighted by Gasteiger charge is -2.42. The Morgan fingerprint density at radius 3 is 2.84 bits per heavy atom. The summed E-state index contributed by atoms with van der Waals surface area (Å²) in [6, 6.07) is 6.41. The maximum absolute atomic E-state index is 10.4. The van der Waals surface area contributed by atoms with Crippen molar-refractivity contribution in [3.8, 4) is 0 Å². The molecule has 1 aliphatic heterocycles. The van der Waals surface area contributed by atoms with E-state index in [1.165, 1.54) is 0 Å². The molecule has 0 bridgehead atoms. The number of rotatable bonds is 2. The van der Waals surface area contributed by atoms with Crippen LogP contribution < -0.4 is 10.6 Å². The molecule has 4 heteroatoms. The average molecular weight is 261 g/mol. The van der Waals surface area contributed by atoms with Gasteiger partial charge in [-0.2, -0.15) is 0 Å². The molecule has 2 heterocycles. The zero-order valence-electron chi connectivity index (χ0n) is 11.5. The fraction of sp³-hybridized carbons (Fsp3) is 0.667. The van der Waals surface area contributed by atoms with Gasteiger partial charge in [0.25, 0.3) is 0 Å². The molecule has 19 heavy (non-hydrogen) atoms. The number of piperidine rings is 1. The van der Waals surface area contributed by atoms with E-state index in [0.29, 0.717) is 6.04 Å². The zero-order valence-corrected chi connectivity index (χ0v) is 11.5. The van der Waals surface area contributed by atoms with Gasteiger partial charge in [0.15, 0.2) is 0 Å². The van der Waals surface area contributed by atoms with E-state index in [-0.39, 0.29) is 11.5 Å². The molecule has 2 atom stereocenters. The van der Waals surface area contributed by atoms with Crippen LogP contribution >= 0.6 is 0 Å². The van der Waals surface area contributed by atoms with Crippen LogP contribution in [-0.4, -0.2) is 35.3 Å². The first-order valence-corrected chi connectivity index (χ1v) is 7.30. The van der Waals surface area contributed by atoms with Crippen LogP contribution in [0.3, 0.4) is 0 Å². The van der Waals surface area contributed by atoms with Crippen LogP contribution in [0.25, 0.3) is 0 Å². The van der Waals surface area contributed by atoms with Crippen molar-refractivity contribution in [3.05, 3.63) is 23.9 Å². The lowest BCUT2D eigenvalue weighted by molar-refractivity contribution is 0.0228. The Labute approximate surface area is 114 Å². The monoisotopic (exact) mass is 261 g/mol. The fourth-order valence-electron chi connectivity index (χ4n) is 3.72. The molecule has 1 saturated carbocycles. The van der Waals surface area contributed by atoms with Gasteiger partial charge in [0.1, 0.15) is 5.82 Å². The minimum Gasteiger partial charge on any atom is -0.392 e. The summed E-state index contributed by atoms with van der Waals surface area (Å²) in [6.07, 6.45) is 3.88. The quantitative estimate of drug-likeness (QED) is 0.758.